The van der Waals surface area contributed by atoms with Crippen LogP contribution in [0.4, 0.5) is 0 Å². The molecular formula is C21H33BrO4. The van der Waals surface area contributed by atoms with Crippen LogP contribution in [0, 0.1) is 0 Å². The number of methoxy groups -OCH3 is 1. The Kier molecular flexibility index (Phi) is 12.4. The Morgan fingerprint density at radius 2 is 2.00 bits per heavy atom. The van der Waals surface area contributed by atoms with E-state index in [1.54, 1.807) is 7.11 Å². The maximum Gasteiger partial charge on any atom is 0.161 e. The minimum Gasteiger partial charge on any atom is -0.493 e. The number of aryl methyl sites for hydroxylation is 1. The van der Waals surface area contributed by atoms with E-state index in [1.165, 1.54) is 0 Å². The predicted octanol–water partition coefficient (Wildman–Crippen LogP) is 5.08. The van der Waals surface area contributed by atoms with Gasteiger partial charge in [-0.1, -0.05) is 48.2 Å². The molecule has 0 spiro atoms. The Hall–Kier alpha value is -1.07. The van der Waals surface area contributed by atoms with E-state index in [0.717, 1.165) is 48.7 Å². The van der Waals surface area contributed by atoms with Gasteiger partial charge in [0.05, 0.1) is 19.8 Å². The zero-order chi connectivity index (χ0) is 19.2. The third-order valence-corrected chi connectivity index (χ3v) is 4.87. The molecule has 0 aromatic heterocycles. The molecule has 4 nitrogen and oxygen atoms in total. The highest BCUT2D eigenvalue weighted by Crippen LogP contribution is 2.29. The van der Waals surface area contributed by atoms with Gasteiger partial charge in [-0.25, -0.2) is 0 Å². The molecule has 1 N–H and O–H groups in total. The van der Waals surface area contributed by atoms with Crippen LogP contribution in [0.15, 0.2) is 18.2 Å². The number of alkyl halides is 1. The lowest BCUT2D eigenvalue weighted by atomic mass is 10.0. The predicted molar refractivity (Wildman–Crippen MR) is 110 cm³/mol. The van der Waals surface area contributed by atoms with Crippen molar-refractivity contribution >= 4 is 21.7 Å². The van der Waals surface area contributed by atoms with Gasteiger partial charge in [0, 0.05) is 18.2 Å². The fourth-order valence-corrected chi connectivity index (χ4v) is 3.14. The summed E-state index contributed by atoms with van der Waals surface area (Å²) in [4.78, 5) is 12.1. The van der Waals surface area contributed by atoms with Gasteiger partial charge < -0.3 is 14.6 Å². The SMILES string of the molecule is CCCCCC(O)CC(=O)CCc1ccc(OCCCCBr)c(OC)c1. The van der Waals surface area contributed by atoms with Gasteiger partial charge in [-0.05, 0) is 43.4 Å². The number of ketones is 1. The number of unbranched alkanes of at least 4 members (excludes halogenated alkanes) is 3. The molecule has 1 aromatic carbocycles. The minimum absolute atomic E-state index is 0.114. The zero-order valence-electron chi connectivity index (χ0n) is 16.1. The molecule has 1 atom stereocenters. The summed E-state index contributed by atoms with van der Waals surface area (Å²) in [6.45, 7) is 2.79. The maximum absolute atomic E-state index is 12.1. The van der Waals surface area contributed by atoms with Crippen molar-refractivity contribution < 1.29 is 19.4 Å². The maximum atomic E-state index is 12.1. The lowest BCUT2D eigenvalue weighted by molar-refractivity contribution is -0.121. The number of halogens is 1. The Morgan fingerprint density at radius 1 is 1.19 bits per heavy atom. The van der Waals surface area contributed by atoms with Gasteiger partial charge in [0.15, 0.2) is 11.5 Å². The highest BCUT2D eigenvalue weighted by atomic mass is 79.9. The van der Waals surface area contributed by atoms with Crippen LogP contribution in [0.2, 0.25) is 0 Å². The number of rotatable bonds is 15. The van der Waals surface area contributed by atoms with E-state index in [4.69, 9.17) is 9.47 Å². The van der Waals surface area contributed by atoms with Crippen molar-refractivity contribution in [2.45, 2.75) is 70.8 Å². The number of aliphatic hydroxyl groups is 1. The Balaban J connectivity index is 2.43. The molecule has 0 aliphatic carbocycles. The molecule has 0 aliphatic heterocycles. The molecule has 148 valence electrons. The molecule has 5 heteroatoms. The van der Waals surface area contributed by atoms with Crippen LogP contribution in [-0.2, 0) is 11.2 Å². The standard InChI is InChI=1S/C21H33BrO4/c1-3-4-5-8-18(23)16-19(24)11-9-17-10-12-20(21(15-17)25-2)26-14-7-6-13-22/h10,12,15,18,23H,3-9,11,13-14,16H2,1-2H3. The van der Waals surface area contributed by atoms with Gasteiger partial charge >= 0.3 is 0 Å². The number of aliphatic hydroxyl groups excluding tert-OH is 1. The molecule has 0 amide bonds. The first-order valence-corrected chi connectivity index (χ1v) is 10.8. The van der Waals surface area contributed by atoms with Gasteiger partial charge in [0.25, 0.3) is 0 Å². The molecule has 26 heavy (non-hydrogen) atoms. The molecule has 0 bridgehead atoms. The summed E-state index contributed by atoms with van der Waals surface area (Å²) in [6, 6.07) is 5.82. The average Bonchev–Trinajstić information content (AvgIpc) is 2.64. The van der Waals surface area contributed by atoms with Crippen LogP contribution >= 0.6 is 15.9 Å². The van der Waals surface area contributed by atoms with E-state index in [9.17, 15) is 9.90 Å². The van der Waals surface area contributed by atoms with Crippen molar-refractivity contribution in [1.29, 1.82) is 0 Å². The van der Waals surface area contributed by atoms with Crippen molar-refractivity contribution in [2.24, 2.45) is 0 Å². The van der Waals surface area contributed by atoms with Crippen molar-refractivity contribution in [3.63, 3.8) is 0 Å². The summed E-state index contributed by atoms with van der Waals surface area (Å²) in [7, 11) is 1.63. The summed E-state index contributed by atoms with van der Waals surface area (Å²) in [5, 5.41) is 10.9. The van der Waals surface area contributed by atoms with E-state index in [2.05, 4.69) is 22.9 Å². The highest BCUT2D eigenvalue weighted by molar-refractivity contribution is 9.09. The van der Waals surface area contributed by atoms with Gasteiger partial charge in [0.2, 0.25) is 0 Å². The molecule has 0 saturated carbocycles. The number of hydrogen-bond donors (Lipinski definition) is 1. The second-order valence-corrected chi connectivity index (χ2v) is 7.42. The summed E-state index contributed by atoms with van der Waals surface area (Å²) < 4.78 is 11.2. The Bertz CT molecular complexity index is 519. The number of hydrogen-bond acceptors (Lipinski definition) is 4. The minimum atomic E-state index is -0.501. The highest BCUT2D eigenvalue weighted by Gasteiger charge is 2.12. The van der Waals surface area contributed by atoms with Crippen LogP contribution in [0.25, 0.3) is 0 Å². The topological polar surface area (TPSA) is 55.8 Å². The first-order chi connectivity index (χ1) is 12.6. The normalized spacial score (nSPS) is 12.0. The molecule has 1 aromatic rings. The third kappa shape index (κ3) is 9.58. The molecule has 0 radical (unpaired) electrons. The van der Waals surface area contributed by atoms with Crippen molar-refractivity contribution in [1.82, 2.24) is 0 Å². The smallest absolute Gasteiger partial charge is 0.161 e. The van der Waals surface area contributed by atoms with Crippen molar-refractivity contribution in [2.75, 3.05) is 19.0 Å². The second-order valence-electron chi connectivity index (χ2n) is 6.62. The van der Waals surface area contributed by atoms with Gasteiger partial charge in [-0.3, -0.25) is 4.79 Å². The van der Waals surface area contributed by atoms with E-state index in [0.29, 0.717) is 31.6 Å². The van der Waals surface area contributed by atoms with E-state index >= 15 is 0 Å². The number of carbonyl (C=O) groups is 1. The second kappa shape index (κ2) is 14.0. The van der Waals surface area contributed by atoms with Crippen LogP contribution in [0.3, 0.4) is 0 Å². The molecule has 0 saturated heterocycles. The van der Waals surface area contributed by atoms with Crippen LogP contribution in [0.1, 0.15) is 63.9 Å². The van der Waals surface area contributed by atoms with E-state index < -0.39 is 6.10 Å². The quantitative estimate of drug-likeness (QED) is 0.312. The lowest BCUT2D eigenvalue weighted by Crippen LogP contribution is -2.13. The molecule has 0 fully saturated rings. The summed E-state index contributed by atoms with van der Waals surface area (Å²) in [5.41, 5.74) is 1.04. The molecule has 1 unspecified atom stereocenters. The first kappa shape index (κ1) is 23.0. The Labute approximate surface area is 166 Å². The van der Waals surface area contributed by atoms with E-state index in [-0.39, 0.29) is 12.2 Å². The van der Waals surface area contributed by atoms with Gasteiger partial charge in [0.1, 0.15) is 5.78 Å². The monoisotopic (exact) mass is 428 g/mol. The Morgan fingerprint density at radius 3 is 2.69 bits per heavy atom. The number of Topliss-reactive ketones (excluding diaryl/α,β-unsaturated/α-hetero) is 1. The average molecular weight is 429 g/mol. The summed E-state index contributed by atoms with van der Waals surface area (Å²) in [5.74, 6) is 1.56. The lowest BCUT2D eigenvalue weighted by Gasteiger charge is -2.12. The van der Waals surface area contributed by atoms with Crippen LogP contribution < -0.4 is 9.47 Å². The molecule has 0 heterocycles. The molecule has 1 rings (SSSR count). The summed E-state index contributed by atoms with van der Waals surface area (Å²) >= 11 is 3.41. The fourth-order valence-electron chi connectivity index (χ4n) is 2.75. The van der Waals surface area contributed by atoms with Gasteiger partial charge in [-0.2, -0.15) is 0 Å². The van der Waals surface area contributed by atoms with Crippen molar-refractivity contribution in [3.8, 4) is 11.5 Å². The largest absolute Gasteiger partial charge is 0.493 e. The zero-order valence-corrected chi connectivity index (χ0v) is 17.7. The number of carbonyl (C=O) groups excluding carboxylic acids is 1. The van der Waals surface area contributed by atoms with Crippen LogP contribution in [0.5, 0.6) is 11.5 Å². The van der Waals surface area contributed by atoms with E-state index in [1.807, 2.05) is 18.2 Å². The number of benzene rings is 1. The van der Waals surface area contributed by atoms with Crippen molar-refractivity contribution in [3.05, 3.63) is 23.8 Å². The summed E-state index contributed by atoms with van der Waals surface area (Å²) in [6.07, 6.45) is 6.86. The first-order valence-electron chi connectivity index (χ1n) is 9.66. The molecule has 0 aliphatic rings. The molecular weight excluding hydrogens is 396 g/mol. The third-order valence-electron chi connectivity index (χ3n) is 4.31. The number of ether oxygens (including phenoxy) is 2. The fraction of sp³-hybridized carbons (Fsp3) is 0.667. The van der Waals surface area contributed by atoms with Gasteiger partial charge in [-0.15, -0.1) is 0 Å². The van der Waals surface area contributed by atoms with Crippen LogP contribution in [-0.4, -0.2) is 36.0 Å².